The Labute approximate surface area is 243 Å². The summed E-state index contributed by atoms with van der Waals surface area (Å²) in [5.74, 6) is -0.653. The van der Waals surface area contributed by atoms with Gasteiger partial charge in [0.1, 0.15) is 64.9 Å². The predicted molar refractivity (Wildman–Crippen MR) is 143 cm³/mol. The molecule has 0 amide bonds. The van der Waals surface area contributed by atoms with Crippen molar-refractivity contribution in [2.45, 2.75) is 68.3 Å². The normalized spacial score (nSPS) is 32.9. The van der Waals surface area contributed by atoms with E-state index in [-0.39, 0.29) is 34.0 Å². The van der Waals surface area contributed by atoms with Crippen molar-refractivity contribution in [3.05, 3.63) is 46.6 Å². The molecule has 0 radical (unpaired) electrons. The van der Waals surface area contributed by atoms with Gasteiger partial charge in [-0.3, -0.25) is 4.79 Å². The topological polar surface area (TPSA) is 238 Å². The molecule has 43 heavy (non-hydrogen) atoms. The number of benzene rings is 2. The lowest BCUT2D eigenvalue weighted by Crippen LogP contribution is -2.64. The number of aliphatic hydroxyl groups is 6. The molecule has 15 nitrogen and oxygen atoms in total. The van der Waals surface area contributed by atoms with Gasteiger partial charge in [-0.1, -0.05) is 0 Å². The van der Waals surface area contributed by atoms with Gasteiger partial charge in [0.25, 0.3) is 0 Å². The Balaban J connectivity index is 1.48. The second kappa shape index (κ2) is 12.2. The minimum atomic E-state index is -1.77. The molecule has 0 unspecified atom stereocenters. The molecule has 2 fully saturated rings. The molecular weight excluding hydrogens is 576 g/mol. The molecule has 2 saturated heterocycles. The van der Waals surface area contributed by atoms with E-state index in [9.17, 15) is 45.6 Å². The van der Waals surface area contributed by atoms with Crippen molar-refractivity contribution in [2.24, 2.45) is 0 Å². The van der Waals surface area contributed by atoms with E-state index >= 15 is 0 Å². The number of rotatable bonds is 7. The molecule has 1 aromatic heterocycles. The zero-order valence-electron chi connectivity index (χ0n) is 22.9. The van der Waals surface area contributed by atoms with Gasteiger partial charge in [0.2, 0.25) is 6.29 Å². The van der Waals surface area contributed by atoms with E-state index in [2.05, 4.69) is 0 Å². The van der Waals surface area contributed by atoms with Gasteiger partial charge < -0.3 is 69.0 Å². The summed E-state index contributed by atoms with van der Waals surface area (Å²) < 4.78 is 33.5. The lowest BCUT2D eigenvalue weighted by atomic mass is 9.97. The molecule has 0 saturated carbocycles. The van der Waals surface area contributed by atoms with Crippen molar-refractivity contribution in [1.82, 2.24) is 0 Å². The molecular formula is C28H32O15. The summed E-state index contributed by atoms with van der Waals surface area (Å²) in [6, 6.07) is 7.77. The molecule has 0 aliphatic carbocycles. The Morgan fingerprint density at radius 1 is 0.837 bits per heavy atom. The van der Waals surface area contributed by atoms with E-state index in [0.29, 0.717) is 5.56 Å². The number of ether oxygens (including phenoxy) is 5. The first-order chi connectivity index (χ1) is 20.4. The first-order valence-electron chi connectivity index (χ1n) is 13.3. The van der Waals surface area contributed by atoms with Gasteiger partial charge in [0.05, 0.1) is 19.8 Å². The van der Waals surface area contributed by atoms with E-state index in [1.54, 1.807) is 6.07 Å². The van der Waals surface area contributed by atoms with Crippen LogP contribution in [0.4, 0.5) is 0 Å². The van der Waals surface area contributed by atoms with Gasteiger partial charge in [-0.15, -0.1) is 0 Å². The Morgan fingerprint density at radius 3 is 2.26 bits per heavy atom. The molecule has 3 aromatic rings. The number of phenolic OH excluding ortho intramolecular Hbond substituents is 2. The number of fused-ring (bicyclic) bond motifs is 1. The molecule has 10 atom stereocenters. The lowest BCUT2D eigenvalue weighted by Gasteiger charge is -2.45. The molecule has 2 aliphatic rings. The fraction of sp³-hybridized carbons (Fsp3) is 0.464. The Morgan fingerprint density at radius 2 is 1.58 bits per heavy atom. The van der Waals surface area contributed by atoms with E-state index in [4.69, 9.17) is 28.1 Å². The van der Waals surface area contributed by atoms with E-state index < -0.39 is 79.2 Å². The van der Waals surface area contributed by atoms with Gasteiger partial charge in [-0.25, -0.2) is 0 Å². The quantitative estimate of drug-likeness (QED) is 0.159. The van der Waals surface area contributed by atoms with E-state index in [0.717, 1.165) is 12.1 Å². The third-order valence-electron chi connectivity index (χ3n) is 7.42. The summed E-state index contributed by atoms with van der Waals surface area (Å²) in [5.41, 5.74) is -0.414. The van der Waals surface area contributed by atoms with Crippen LogP contribution in [0, 0.1) is 0 Å². The van der Waals surface area contributed by atoms with Crippen molar-refractivity contribution < 1.29 is 69.0 Å². The van der Waals surface area contributed by atoms with Crippen LogP contribution in [0.25, 0.3) is 22.3 Å². The number of hydrogen-bond acceptors (Lipinski definition) is 15. The maximum Gasteiger partial charge on any atom is 0.229 e. The highest BCUT2D eigenvalue weighted by atomic mass is 16.8. The highest BCUT2D eigenvalue weighted by Crippen LogP contribution is 2.36. The smallest absolute Gasteiger partial charge is 0.229 e. The summed E-state index contributed by atoms with van der Waals surface area (Å²) in [5, 5.41) is 82.2. The second-order valence-electron chi connectivity index (χ2n) is 10.3. The van der Waals surface area contributed by atoms with Gasteiger partial charge in [-0.2, -0.15) is 0 Å². The minimum absolute atomic E-state index is 0.0410. The number of aliphatic hydroxyl groups excluding tert-OH is 6. The third-order valence-corrected chi connectivity index (χ3v) is 7.42. The van der Waals surface area contributed by atoms with E-state index in [1.165, 1.54) is 32.2 Å². The molecule has 2 aromatic carbocycles. The Kier molecular flexibility index (Phi) is 8.80. The van der Waals surface area contributed by atoms with Crippen molar-refractivity contribution in [2.75, 3.05) is 13.7 Å². The van der Waals surface area contributed by atoms with Gasteiger partial charge in [0.15, 0.2) is 29.3 Å². The summed E-state index contributed by atoms with van der Waals surface area (Å²) in [6.07, 6.45) is -15.4. The summed E-state index contributed by atoms with van der Waals surface area (Å²) in [6.45, 7) is 0.687. The number of hydrogen-bond donors (Lipinski definition) is 8. The highest BCUT2D eigenvalue weighted by molar-refractivity contribution is 5.86. The first kappa shape index (κ1) is 30.9. The molecule has 0 bridgehead atoms. The van der Waals surface area contributed by atoms with Crippen LogP contribution in [-0.2, 0) is 14.2 Å². The van der Waals surface area contributed by atoms with Gasteiger partial charge in [0, 0.05) is 23.8 Å². The maximum absolute atomic E-state index is 12.9. The molecule has 15 heteroatoms. The zero-order chi connectivity index (χ0) is 31.2. The van der Waals surface area contributed by atoms with Crippen molar-refractivity contribution >= 4 is 11.0 Å². The number of methoxy groups -OCH3 is 1. The fourth-order valence-electron chi connectivity index (χ4n) is 5.01. The number of phenols is 2. The molecule has 8 N–H and O–H groups in total. The van der Waals surface area contributed by atoms with Gasteiger partial charge in [-0.05, 0) is 25.1 Å². The Hall–Kier alpha value is -3.51. The Bertz CT molecular complexity index is 1510. The summed E-state index contributed by atoms with van der Waals surface area (Å²) >= 11 is 0. The van der Waals surface area contributed by atoms with Gasteiger partial charge >= 0.3 is 0 Å². The van der Waals surface area contributed by atoms with Crippen LogP contribution in [0.2, 0.25) is 0 Å². The molecule has 2 aliphatic heterocycles. The van der Waals surface area contributed by atoms with Crippen LogP contribution in [0.5, 0.6) is 23.0 Å². The largest absolute Gasteiger partial charge is 0.507 e. The monoisotopic (exact) mass is 608 g/mol. The second-order valence-corrected chi connectivity index (χ2v) is 10.3. The van der Waals surface area contributed by atoms with Crippen LogP contribution in [0.3, 0.4) is 0 Å². The average Bonchev–Trinajstić information content (AvgIpc) is 2.97. The molecule has 0 spiro atoms. The predicted octanol–water partition coefficient (Wildman–Crippen LogP) is -1.09. The van der Waals surface area contributed by atoms with Crippen molar-refractivity contribution in [3.8, 4) is 34.3 Å². The number of aromatic hydroxyl groups is 2. The minimum Gasteiger partial charge on any atom is -0.507 e. The van der Waals surface area contributed by atoms with Crippen molar-refractivity contribution in [3.63, 3.8) is 0 Å². The van der Waals surface area contributed by atoms with Crippen LogP contribution in [0.1, 0.15) is 6.92 Å². The van der Waals surface area contributed by atoms with Crippen LogP contribution >= 0.6 is 0 Å². The lowest BCUT2D eigenvalue weighted by molar-refractivity contribution is -0.354. The summed E-state index contributed by atoms with van der Waals surface area (Å²) in [7, 11) is 1.38. The van der Waals surface area contributed by atoms with E-state index in [1.807, 2.05) is 0 Å². The molecule has 234 valence electrons. The highest BCUT2D eigenvalue weighted by Gasteiger charge is 2.50. The SMILES string of the molecule is COc1ccc(-c2cc(=O)c3c(O)cc(O[C@@H]4O[C@@H](CO)[C@@H](O)[C@@H](O)[C@H]4O[C@@H]4O[C@@H](C)[C@H](O)[C@H](O)[C@@H]4O)cc3o2)cc1O. The zero-order valence-corrected chi connectivity index (χ0v) is 22.9. The average molecular weight is 609 g/mol. The van der Waals surface area contributed by atoms with Crippen LogP contribution in [-0.4, -0.2) is 116 Å². The van der Waals surface area contributed by atoms with Crippen LogP contribution in [0.15, 0.2) is 45.6 Å². The maximum atomic E-state index is 12.9. The standard InChI is InChI=1S/C28H32O15/c1-10-21(33)23(35)25(37)27(39-10)43-26-24(36)22(34)19(9-29)42-28(26)40-12-6-14(31)20-15(32)8-17(41-18(20)7-12)11-3-4-16(38-2)13(30)5-11/h3-8,10,19,21-31,33-37H,9H2,1-2H3/t10-,19-,21-,22+,23-,24+,25-,26+,27-,28+/m0/s1. The third kappa shape index (κ3) is 5.86. The summed E-state index contributed by atoms with van der Waals surface area (Å²) in [4.78, 5) is 12.9. The van der Waals surface area contributed by atoms with Crippen LogP contribution < -0.4 is 14.9 Å². The molecule has 3 heterocycles. The first-order valence-corrected chi connectivity index (χ1v) is 13.3. The fourth-order valence-corrected chi connectivity index (χ4v) is 5.01. The molecule has 5 rings (SSSR count). The van der Waals surface area contributed by atoms with Crippen molar-refractivity contribution in [1.29, 1.82) is 0 Å².